The molecule has 0 aliphatic heterocycles. The fraction of sp³-hybridized carbons (Fsp3) is 0.241. The largest absolute Gasteiger partial charge is 0.462 e. The van der Waals surface area contributed by atoms with Crippen molar-refractivity contribution in [1.82, 2.24) is 9.38 Å². The number of ether oxygens (including phenoxy) is 1. The maximum absolute atomic E-state index is 12.1. The van der Waals surface area contributed by atoms with Gasteiger partial charge in [-0.25, -0.2) is 9.78 Å². The van der Waals surface area contributed by atoms with Crippen LogP contribution in [-0.4, -0.2) is 30.3 Å². The van der Waals surface area contributed by atoms with Gasteiger partial charge in [-0.15, -0.1) is 0 Å². The summed E-state index contributed by atoms with van der Waals surface area (Å²) in [4.78, 5) is 18.2. The van der Waals surface area contributed by atoms with Gasteiger partial charge in [-0.2, -0.15) is 0 Å². The van der Waals surface area contributed by atoms with Crippen LogP contribution in [0.15, 0.2) is 85.1 Å². The van der Waals surface area contributed by atoms with Gasteiger partial charge in [-0.05, 0) is 40.0 Å². The highest BCUT2D eigenvalue weighted by molar-refractivity contribution is 7.18. The number of fused-ring (bicyclic) bond motifs is 3. The van der Waals surface area contributed by atoms with E-state index in [4.69, 9.17) is 14.1 Å². The van der Waals surface area contributed by atoms with E-state index in [2.05, 4.69) is 99.6 Å². The van der Waals surface area contributed by atoms with Crippen molar-refractivity contribution >= 4 is 52.0 Å². The van der Waals surface area contributed by atoms with E-state index in [-0.39, 0.29) is 11.0 Å². The maximum Gasteiger partial charge on any atom is 0.349 e. The highest BCUT2D eigenvalue weighted by Gasteiger charge is 2.50. The van der Waals surface area contributed by atoms with Crippen molar-refractivity contribution < 1.29 is 14.0 Å². The van der Waals surface area contributed by atoms with Crippen LogP contribution in [0.25, 0.3) is 16.0 Å². The first-order valence-corrected chi connectivity index (χ1v) is 14.9. The van der Waals surface area contributed by atoms with Gasteiger partial charge >= 0.3 is 5.97 Å². The Morgan fingerprint density at radius 1 is 0.972 bits per heavy atom. The molecule has 0 amide bonds. The Kier molecular flexibility index (Phi) is 6.55. The van der Waals surface area contributed by atoms with Crippen molar-refractivity contribution in [3.05, 3.63) is 95.5 Å². The molecule has 0 unspecified atom stereocenters. The van der Waals surface area contributed by atoms with Gasteiger partial charge < -0.3 is 9.16 Å². The molecule has 3 aromatic carbocycles. The van der Waals surface area contributed by atoms with E-state index < -0.39 is 8.32 Å². The van der Waals surface area contributed by atoms with Crippen LogP contribution in [0.4, 0.5) is 0 Å². The number of benzene rings is 3. The third-order valence-electron chi connectivity index (χ3n) is 6.52. The summed E-state index contributed by atoms with van der Waals surface area (Å²) in [5.74, 6) is -0.309. The zero-order valence-electron chi connectivity index (χ0n) is 21.0. The zero-order valence-corrected chi connectivity index (χ0v) is 22.8. The van der Waals surface area contributed by atoms with Crippen LogP contribution < -0.4 is 10.4 Å². The lowest BCUT2D eigenvalue weighted by Crippen LogP contribution is -2.66. The van der Waals surface area contributed by atoms with Crippen molar-refractivity contribution in [2.45, 2.75) is 39.3 Å². The lowest BCUT2D eigenvalue weighted by molar-refractivity contribution is 0.0531. The number of carbonyl (C=O) groups excluding carboxylic acids is 1. The van der Waals surface area contributed by atoms with Gasteiger partial charge in [0.15, 0.2) is 4.96 Å². The highest BCUT2D eigenvalue weighted by Crippen LogP contribution is 2.37. The number of hydrogen-bond acceptors (Lipinski definition) is 5. The number of esters is 1. The number of aromatic nitrogens is 2. The van der Waals surface area contributed by atoms with Crippen LogP contribution >= 0.6 is 11.3 Å². The van der Waals surface area contributed by atoms with E-state index in [1.165, 1.54) is 21.7 Å². The summed E-state index contributed by atoms with van der Waals surface area (Å²) in [6, 6.07) is 27.6. The Bertz CT molecular complexity index is 1460. The molecule has 5 nitrogen and oxygen atoms in total. The predicted molar refractivity (Wildman–Crippen MR) is 149 cm³/mol. The third-order valence-corrected chi connectivity index (χ3v) is 12.5. The third kappa shape index (κ3) is 4.27. The monoisotopic (exact) mass is 514 g/mol. The summed E-state index contributed by atoms with van der Waals surface area (Å²) in [5, 5.41) is 2.44. The van der Waals surface area contributed by atoms with E-state index in [0.717, 1.165) is 21.6 Å². The van der Waals surface area contributed by atoms with Crippen LogP contribution in [0.1, 0.15) is 42.9 Å². The minimum absolute atomic E-state index is 0.0830. The van der Waals surface area contributed by atoms with E-state index >= 15 is 0 Å². The molecule has 0 fully saturated rings. The Balaban J connectivity index is 1.51. The zero-order chi connectivity index (χ0) is 25.3. The molecule has 0 spiro atoms. The van der Waals surface area contributed by atoms with Crippen molar-refractivity contribution in [3.63, 3.8) is 0 Å². The molecule has 0 N–H and O–H groups in total. The van der Waals surface area contributed by atoms with Crippen LogP contribution in [0.5, 0.6) is 0 Å². The molecule has 7 heteroatoms. The van der Waals surface area contributed by atoms with Crippen LogP contribution in [0.3, 0.4) is 0 Å². The second-order valence-electron chi connectivity index (χ2n) is 9.86. The fourth-order valence-corrected chi connectivity index (χ4v) is 10.3. The minimum Gasteiger partial charge on any atom is -0.462 e. The van der Waals surface area contributed by atoms with Crippen LogP contribution in [0, 0.1) is 0 Å². The molecular weight excluding hydrogens is 484 g/mol. The number of rotatable bonds is 7. The van der Waals surface area contributed by atoms with Crippen molar-refractivity contribution in [2.75, 3.05) is 6.61 Å². The van der Waals surface area contributed by atoms with E-state index in [1.807, 2.05) is 17.5 Å². The van der Waals surface area contributed by atoms with Crippen LogP contribution in [-0.2, 0) is 15.8 Å². The van der Waals surface area contributed by atoms with Gasteiger partial charge in [0.1, 0.15) is 4.88 Å². The summed E-state index contributed by atoms with van der Waals surface area (Å²) in [6.45, 7) is 9.51. The molecule has 0 saturated carbocycles. The van der Waals surface area contributed by atoms with Crippen molar-refractivity contribution in [3.8, 4) is 0 Å². The van der Waals surface area contributed by atoms with Gasteiger partial charge in [0.05, 0.1) is 24.2 Å². The topological polar surface area (TPSA) is 52.8 Å². The van der Waals surface area contributed by atoms with Gasteiger partial charge in [0.25, 0.3) is 8.32 Å². The molecule has 2 heterocycles. The fourth-order valence-electron chi connectivity index (χ4n) is 4.90. The molecule has 0 aliphatic carbocycles. The molecule has 2 aromatic heterocycles. The summed E-state index contributed by atoms with van der Waals surface area (Å²) in [5.41, 5.74) is 2.93. The van der Waals surface area contributed by atoms with Crippen LogP contribution in [0.2, 0.25) is 5.04 Å². The average Bonchev–Trinajstić information content (AvgIpc) is 3.43. The number of hydrogen-bond donors (Lipinski definition) is 0. The predicted octanol–water partition coefficient (Wildman–Crippen LogP) is 5.80. The lowest BCUT2D eigenvalue weighted by Gasteiger charge is -2.43. The molecule has 5 rings (SSSR count). The SMILES string of the molecule is CCOC(=O)c1cn2c(nc3cc(CO[Si](c4ccccc4)(c4ccccc4)C(C)(C)C)ccc32)s1. The second kappa shape index (κ2) is 9.65. The average molecular weight is 515 g/mol. The molecule has 0 radical (unpaired) electrons. The maximum atomic E-state index is 12.1. The Hall–Kier alpha value is -3.26. The number of thiazole rings is 1. The van der Waals surface area contributed by atoms with Gasteiger partial charge in [-0.3, -0.25) is 4.40 Å². The smallest absolute Gasteiger partial charge is 0.349 e. The molecule has 184 valence electrons. The molecule has 0 aliphatic rings. The first kappa shape index (κ1) is 24.4. The normalized spacial score (nSPS) is 12.3. The van der Waals surface area contributed by atoms with Crippen molar-refractivity contribution in [2.24, 2.45) is 0 Å². The van der Waals surface area contributed by atoms with Gasteiger partial charge in [0, 0.05) is 6.20 Å². The summed E-state index contributed by atoms with van der Waals surface area (Å²) < 4.78 is 14.2. The first-order chi connectivity index (χ1) is 17.3. The van der Waals surface area contributed by atoms with Crippen molar-refractivity contribution in [1.29, 1.82) is 0 Å². The molecular formula is C29H30N2O3SSi. The van der Waals surface area contributed by atoms with Gasteiger partial charge in [-0.1, -0.05) is 98.8 Å². The molecule has 36 heavy (non-hydrogen) atoms. The van der Waals surface area contributed by atoms with E-state index in [0.29, 0.717) is 18.1 Å². The quantitative estimate of drug-likeness (QED) is 0.203. The number of nitrogens with zero attached hydrogens (tertiary/aromatic N) is 2. The molecule has 5 aromatic rings. The Labute approximate surface area is 216 Å². The highest BCUT2D eigenvalue weighted by atomic mass is 32.1. The Morgan fingerprint density at radius 3 is 2.19 bits per heavy atom. The van der Waals surface area contributed by atoms with Gasteiger partial charge in [0.2, 0.25) is 0 Å². The van der Waals surface area contributed by atoms with E-state index in [1.54, 1.807) is 0 Å². The first-order valence-electron chi connectivity index (χ1n) is 12.2. The Morgan fingerprint density at radius 2 is 1.61 bits per heavy atom. The second-order valence-corrected chi connectivity index (χ2v) is 15.2. The minimum atomic E-state index is -2.62. The molecule has 0 atom stereocenters. The molecule has 0 saturated heterocycles. The number of carbonyl (C=O) groups is 1. The molecule has 0 bridgehead atoms. The lowest BCUT2D eigenvalue weighted by atomic mass is 10.2. The summed E-state index contributed by atoms with van der Waals surface area (Å²) in [7, 11) is -2.62. The summed E-state index contributed by atoms with van der Waals surface area (Å²) >= 11 is 1.35. The van der Waals surface area contributed by atoms with E-state index in [9.17, 15) is 4.79 Å². The standard InChI is InChI=1S/C29H30N2O3SSi/c1-5-33-27(32)26-19-31-25-17-16-21(18-24(25)30-28(31)35-26)20-34-36(29(2,3)4,22-12-8-6-9-13-22)23-14-10-7-11-15-23/h6-19H,5,20H2,1-4H3. The number of imidazole rings is 1. The summed E-state index contributed by atoms with van der Waals surface area (Å²) in [6.07, 6.45) is 1.81.